The number of benzene rings is 1. The van der Waals surface area contributed by atoms with Gasteiger partial charge in [0.1, 0.15) is 0 Å². The molecule has 0 aliphatic carbocycles. The number of quaternary nitrogens is 1. The van der Waals surface area contributed by atoms with Gasteiger partial charge < -0.3 is 19.9 Å². The average molecular weight is 405 g/mol. The van der Waals surface area contributed by atoms with Gasteiger partial charge in [-0.25, -0.2) is 0 Å². The van der Waals surface area contributed by atoms with Crippen LogP contribution in [0.5, 0.6) is 0 Å². The van der Waals surface area contributed by atoms with E-state index in [9.17, 15) is 14.4 Å². The molecule has 29 heavy (non-hydrogen) atoms. The summed E-state index contributed by atoms with van der Waals surface area (Å²) in [7, 11) is 1.86. The molecule has 1 heterocycles. The van der Waals surface area contributed by atoms with Gasteiger partial charge in [0.15, 0.2) is 12.6 Å². The number of rotatable bonds is 7. The molecule has 0 aromatic heterocycles. The Labute approximate surface area is 173 Å². The molecule has 1 aromatic rings. The van der Waals surface area contributed by atoms with E-state index < -0.39 is 0 Å². The maximum absolute atomic E-state index is 12.8. The fourth-order valence-electron chi connectivity index (χ4n) is 3.68. The van der Waals surface area contributed by atoms with Gasteiger partial charge in [-0.3, -0.25) is 14.4 Å². The van der Waals surface area contributed by atoms with Crippen molar-refractivity contribution >= 4 is 23.5 Å². The molecule has 7 nitrogen and oxygen atoms in total. The molecule has 7 heteroatoms. The van der Waals surface area contributed by atoms with Crippen molar-refractivity contribution in [3.63, 3.8) is 0 Å². The summed E-state index contributed by atoms with van der Waals surface area (Å²) < 4.78 is 5.08. The summed E-state index contributed by atoms with van der Waals surface area (Å²) in [6.07, 6.45) is 1.26. The summed E-state index contributed by atoms with van der Waals surface area (Å²) in [6, 6.07) is 5.55. The predicted octanol–water partition coefficient (Wildman–Crippen LogP) is 0.947. The normalized spacial score (nSPS) is 16.8. The lowest BCUT2D eigenvalue weighted by Gasteiger charge is -2.33. The van der Waals surface area contributed by atoms with E-state index in [1.165, 1.54) is 0 Å². The van der Waals surface area contributed by atoms with Gasteiger partial charge in [0.25, 0.3) is 11.8 Å². The van der Waals surface area contributed by atoms with Crippen LogP contribution < -0.4 is 10.2 Å². The van der Waals surface area contributed by atoms with Crippen LogP contribution >= 0.6 is 0 Å². The largest absolute Gasteiger partial charge is 0.466 e. The number of aryl methyl sites for hydroxylation is 2. The first-order valence-electron chi connectivity index (χ1n) is 10.4. The summed E-state index contributed by atoms with van der Waals surface area (Å²) in [4.78, 5) is 39.8. The van der Waals surface area contributed by atoms with Gasteiger partial charge in [-0.05, 0) is 51.7 Å². The third-order valence-electron chi connectivity index (χ3n) is 5.72. The van der Waals surface area contributed by atoms with Gasteiger partial charge in [0.05, 0.1) is 19.6 Å². The predicted molar refractivity (Wildman–Crippen MR) is 112 cm³/mol. The number of piperidine rings is 1. The number of hydrogen-bond acceptors (Lipinski definition) is 4. The zero-order chi connectivity index (χ0) is 21.6. The lowest BCUT2D eigenvalue weighted by Crippen LogP contribution is -3.15. The summed E-state index contributed by atoms with van der Waals surface area (Å²) in [5, 5.41) is 2.98. The number of nitrogens with one attached hydrogen (secondary N) is 2. The lowest BCUT2D eigenvalue weighted by molar-refractivity contribution is -0.886. The van der Waals surface area contributed by atoms with Crippen LogP contribution in [0.2, 0.25) is 0 Å². The molecule has 0 radical (unpaired) electrons. The first-order chi connectivity index (χ1) is 13.7. The monoisotopic (exact) mass is 404 g/mol. The van der Waals surface area contributed by atoms with Crippen LogP contribution in [0.3, 0.4) is 0 Å². The molecule has 2 amide bonds. The van der Waals surface area contributed by atoms with Crippen molar-refractivity contribution in [1.82, 2.24) is 4.90 Å². The molecular weight excluding hydrogens is 370 g/mol. The van der Waals surface area contributed by atoms with Gasteiger partial charge in [0.2, 0.25) is 0 Å². The molecular formula is C22H34N3O4+. The molecule has 1 unspecified atom stereocenters. The maximum atomic E-state index is 12.8. The molecule has 1 aliphatic rings. The lowest BCUT2D eigenvalue weighted by atomic mass is 9.96. The second-order valence-corrected chi connectivity index (χ2v) is 7.91. The highest BCUT2D eigenvalue weighted by molar-refractivity contribution is 5.93. The summed E-state index contributed by atoms with van der Waals surface area (Å²) >= 11 is 0. The Morgan fingerprint density at radius 2 is 1.79 bits per heavy atom. The third kappa shape index (κ3) is 6.03. The Bertz CT molecular complexity index is 721. The summed E-state index contributed by atoms with van der Waals surface area (Å²) in [6.45, 7) is 9.27. The van der Waals surface area contributed by atoms with E-state index in [0.717, 1.165) is 21.7 Å². The molecule has 1 aromatic carbocycles. The van der Waals surface area contributed by atoms with Gasteiger partial charge >= 0.3 is 5.97 Å². The van der Waals surface area contributed by atoms with E-state index in [-0.39, 0.29) is 36.3 Å². The van der Waals surface area contributed by atoms with Gasteiger partial charge in [-0.15, -0.1) is 0 Å². The van der Waals surface area contributed by atoms with Crippen molar-refractivity contribution in [3.8, 4) is 0 Å². The number of likely N-dealkylation sites (N-methyl/N-ethyl adjacent to an activating group) is 1. The Balaban J connectivity index is 1.86. The number of para-hydroxylation sites is 1. The molecule has 1 aliphatic heterocycles. The molecule has 0 saturated carbocycles. The summed E-state index contributed by atoms with van der Waals surface area (Å²) in [5.74, 6) is -0.383. The highest BCUT2D eigenvalue weighted by Gasteiger charge is 2.33. The highest BCUT2D eigenvalue weighted by Crippen LogP contribution is 2.20. The Morgan fingerprint density at radius 3 is 2.34 bits per heavy atom. The van der Waals surface area contributed by atoms with Gasteiger partial charge in [0, 0.05) is 18.8 Å². The quantitative estimate of drug-likeness (QED) is 0.663. The van der Waals surface area contributed by atoms with E-state index in [0.29, 0.717) is 32.5 Å². The molecule has 1 saturated heterocycles. The van der Waals surface area contributed by atoms with Crippen LogP contribution in [0, 0.1) is 19.8 Å². The van der Waals surface area contributed by atoms with E-state index >= 15 is 0 Å². The first kappa shape index (κ1) is 22.9. The Kier molecular flexibility index (Phi) is 8.20. The minimum atomic E-state index is -0.335. The fraction of sp³-hybridized carbons (Fsp3) is 0.591. The number of anilines is 1. The topological polar surface area (TPSA) is 80.2 Å². The molecule has 0 bridgehead atoms. The summed E-state index contributed by atoms with van der Waals surface area (Å²) in [5.41, 5.74) is 2.87. The minimum absolute atomic E-state index is 0.0182. The van der Waals surface area contributed by atoms with E-state index in [2.05, 4.69) is 5.32 Å². The smallest absolute Gasteiger partial charge is 0.309 e. The van der Waals surface area contributed by atoms with E-state index in [4.69, 9.17) is 4.74 Å². The number of likely N-dealkylation sites (tertiary alicyclic amines) is 1. The third-order valence-corrected chi connectivity index (χ3v) is 5.72. The second kappa shape index (κ2) is 10.4. The van der Waals surface area contributed by atoms with Crippen molar-refractivity contribution in [2.75, 3.05) is 38.6 Å². The Morgan fingerprint density at radius 1 is 1.21 bits per heavy atom. The molecule has 1 fully saturated rings. The van der Waals surface area contributed by atoms with Crippen molar-refractivity contribution in [3.05, 3.63) is 29.3 Å². The molecule has 2 N–H and O–H groups in total. The number of nitrogens with zero attached hydrogens (tertiary/aromatic N) is 1. The molecule has 0 spiro atoms. The van der Waals surface area contributed by atoms with Crippen molar-refractivity contribution in [2.24, 2.45) is 5.92 Å². The number of ether oxygens (including phenoxy) is 1. The molecule has 160 valence electrons. The number of esters is 1. The van der Waals surface area contributed by atoms with E-state index in [1.54, 1.807) is 11.8 Å². The number of carbonyl (C=O) groups is 3. The van der Waals surface area contributed by atoms with Crippen LogP contribution in [-0.2, 0) is 19.1 Å². The van der Waals surface area contributed by atoms with Gasteiger partial charge in [-0.2, -0.15) is 0 Å². The zero-order valence-electron chi connectivity index (χ0n) is 18.2. The van der Waals surface area contributed by atoms with Crippen LogP contribution in [-0.4, -0.2) is 62.0 Å². The zero-order valence-corrected chi connectivity index (χ0v) is 18.2. The standard InChI is InChI=1S/C22H33N3O4/c1-6-29-22(28)18-10-12-25(13-11-18)21(27)17(4)24(5)14-19(26)23-20-15(2)8-7-9-16(20)3/h7-9,17-18H,6,10-14H2,1-5H3,(H,23,26)/p+1/t17-/m0/s1. The Hall–Kier alpha value is -2.41. The number of amides is 2. The van der Waals surface area contributed by atoms with Gasteiger partial charge in [-0.1, -0.05) is 18.2 Å². The highest BCUT2D eigenvalue weighted by atomic mass is 16.5. The van der Waals surface area contributed by atoms with Crippen molar-refractivity contribution < 1.29 is 24.0 Å². The fourth-order valence-corrected chi connectivity index (χ4v) is 3.68. The number of carbonyl (C=O) groups excluding carboxylic acids is 3. The minimum Gasteiger partial charge on any atom is -0.466 e. The number of hydrogen-bond donors (Lipinski definition) is 2. The average Bonchev–Trinajstić information content (AvgIpc) is 2.70. The van der Waals surface area contributed by atoms with Crippen LogP contribution in [0.15, 0.2) is 18.2 Å². The molecule has 2 rings (SSSR count). The van der Waals surface area contributed by atoms with Crippen LogP contribution in [0.4, 0.5) is 5.69 Å². The van der Waals surface area contributed by atoms with Crippen molar-refractivity contribution in [2.45, 2.75) is 46.6 Å². The first-order valence-corrected chi connectivity index (χ1v) is 10.4. The molecule has 2 atom stereocenters. The maximum Gasteiger partial charge on any atom is 0.309 e. The van der Waals surface area contributed by atoms with Crippen LogP contribution in [0.1, 0.15) is 37.8 Å². The second-order valence-electron chi connectivity index (χ2n) is 7.91. The van der Waals surface area contributed by atoms with Crippen LogP contribution in [0.25, 0.3) is 0 Å². The van der Waals surface area contributed by atoms with Crippen molar-refractivity contribution in [1.29, 1.82) is 0 Å². The van der Waals surface area contributed by atoms with E-state index in [1.807, 2.05) is 46.0 Å². The SMILES string of the molecule is CCOC(=O)C1CCN(C(=O)[C@H](C)[NH+](C)CC(=O)Nc2c(C)cccc2C)CC1.